The zero-order valence-electron chi connectivity index (χ0n) is 23.2. The van der Waals surface area contributed by atoms with Crippen molar-refractivity contribution in [3.8, 4) is 11.1 Å². The first-order valence-corrected chi connectivity index (χ1v) is 16.0. The maximum Gasteiger partial charge on any atom is 0.251 e. The number of nitrogens with zero attached hydrogens (tertiary/aromatic N) is 1. The molecular formula is C29H33N5O6S2. The summed E-state index contributed by atoms with van der Waals surface area (Å²) in [5.41, 5.74) is 9.18. The number of hydrogen-bond acceptors (Lipinski definition) is 8. The van der Waals surface area contributed by atoms with Gasteiger partial charge in [-0.1, -0.05) is 42.0 Å². The van der Waals surface area contributed by atoms with Crippen LogP contribution in [0.1, 0.15) is 38.8 Å². The molecule has 222 valence electrons. The van der Waals surface area contributed by atoms with Gasteiger partial charge < -0.3 is 26.4 Å². The topological polar surface area (TPSA) is 183 Å². The molecule has 0 radical (unpaired) electrons. The number of nitrogens with two attached hydrogens (primary N) is 1. The van der Waals surface area contributed by atoms with Crippen LogP contribution < -0.4 is 16.4 Å². The number of nitrogen functional groups attached to an aromatic ring is 1. The van der Waals surface area contributed by atoms with Crippen LogP contribution in [0.3, 0.4) is 0 Å². The molecule has 4 rings (SSSR count). The number of rotatable bonds is 10. The van der Waals surface area contributed by atoms with Crippen LogP contribution in [-0.2, 0) is 19.4 Å². The van der Waals surface area contributed by atoms with Crippen LogP contribution in [0.4, 0.5) is 0 Å². The summed E-state index contributed by atoms with van der Waals surface area (Å²) in [6.45, 7) is 0.880. The highest BCUT2D eigenvalue weighted by Crippen LogP contribution is 2.27. The second kappa shape index (κ2) is 12.8. The lowest BCUT2D eigenvalue weighted by Gasteiger charge is -2.26. The number of aliphatic hydroxyl groups is 1. The van der Waals surface area contributed by atoms with Gasteiger partial charge in [0.25, 0.3) is 5.91 Å². The predicted molar refractivity (Wildman–Crippen MR) is 161 cm³/mol. The van der Waals surface area contributed by atoms with Crippen LogP contribution >= 0.6 is 11.3 Å². The number of aryl methyl sites for hydroxylation is 1. The number of carbonyl (C=O) groups is 3. The van der Waals surface area contributed by atoms with Gasteiger partial charge in [-0.25, -0.2) is 8.42 Å². The van der Waals surface area contributed by atoms with E-state index in [4.69, 9.17) is 11.1 Å². The molecule has 3 aromatic rings. The third-order valence-electron chi connectivity index (χ3n) is 7.17. The minimum atomic E-state index is -3.58. The molecule has 3 amide bonds. The fourth-order valence-corrected chi connectivity index (χ4v) is 6.64. The SMILES string of the molecule is Cc1ccc(-c2cccc(C(=O)NCC(=O)N3CC(S(C)(=O)=O)C[C@H]3C(=O)N[C@H](CO)c3cc(C(=N)N)cs3)c2)cc1. The number of carbonyl (C=O) groups excluding carboxylic acids is 3. The van der Waals surface area contributed by atoms with Gasteiger partial charge in [0.05, 0.1) is 24.4 Å². The molecule has 0 bridgehead atoms. The Morgan fingerprint density at radius 1 is 1.12 bits per heavy atom. The maximum atomic E-state index is 13.3. The molecule has 1 aliphatic heterocycles. The van der Waals surface area contributed by atoms with Crippen molar-refractivity contribution in [1.29, 1.82) is 5.41 Å². The molecule has 11 nitrogen and oxygen atoms in total. The van der Waals surface area contributed by atoms with E-state index in [0.717, 1.165) is 27.8 Å². The summed E-state index contributed by atoms with van der Waals surface area (Å²) in [6, 6.07) is 14.4. The second-order valence-corrected chi connectivity index (χ2v) is 13.5. The highest BCUT2D eigenvalue weighted by Gasteiger charge is 2.43. The van der Waals surface area contributed by atoms with Crippen molar-refractivity contribution in [2.75, 3.05) is 26.0 Å². The molecular weight excluding hydrogens is 578 g/mol. The van der Waals surface area contributed by atoms with Crippen LogP contribution in [-0.4, -0.2) is 79.2 Å². The Bertz CT molecular complexity index is 1600. The molecule has 2 aromatic carbocycles. The van der Waals surface area contributed by atoms with Gasteiger partial charge >= 0.3 is 0 Å². The Morgan fingerprint density at radius 3 is 2.45 bits per heavy atom. The van der Waals surface area contributed by atoms with E-state index in [0.29, 0.717) is 16.0 Å². The van der Waals surface area contributed by atoms with E-state index in [-0.39, 0.29) is 18.8 Å². The van der Waals surface area contributed by atoms with Crippen LogP contribution in [0.5, 0.6) is 0 Å². The normalized spacial score (nSPS) is 17.5. The number of sulfone groups is 1. The molecule has 1 unspecified atom stereocenters. The zero-order chi connectivity index (χ0) is 30.6. The number of hydrogen-bond donors (Lipinski definition) is 5. The first-order valence-electron chi connectivity index (χ1n) is 13.1. The maximum absolute atomic E-state index is 13.3. The van der Waals surface area contributed by atoms with Crippen molar-refractivity contribution in [3.05, 3.63) is 81.5 Å². The van der Waals surface area contributed by atoms with Gasteiger partial charge in [-0.15, -0.1) is 11.3 Å². The minimum absolute atomic E-state index is 0.121. The summed E-state index contributed by atoms with van der Waals surface area (Å²) in [5.74, 6) is -1.90. The van der Waals surface area contributed by atoms with E-state index in [1.54, 1.807) is 29.6 Å². The summed E-state index contributed by atoms with van der Waals surface area (Å²) in [6.07, 6.45) is 0.930. The van der Waals surface area contributed by atoms with E-state index in [1.807, 2.05) is 37.3 Å². The van der Waals surface area contributed by atoms with Crippen molar-refractivity contribution in [1.82, 2.24) is 15.5 Å². The fourth-order valence-electron chi connectivity index (χ4n) is 4.73. The van der Waals surface area contributed by atoms with E-state index in [1.165, 1.54) is 11.3 Å². The first-order chi connectivity index (χ1) is 19.9. The summed E-state index contributed by atoms with van der Waals surface area (Å²) in [7, 11) is -3.58. The quantitative estimate of drug-likeness (QED) is 0.170. The third kappa shape index (κ3) is 7.22. The predicted octanol–water partition coefficient (Wildman–Crippen LogP) is 1.60. The molecule has 0 aliphatic carbocycles. The molecule has 13 heteroatoms. The first kappa shape index (κ1) is 30.9. The van der Waals surface area contributed by atoms with Crippen molar-refractivity contribution in [3.63, 3.8) is 0 Å². The van der Waals surface area contributed by atoms with Gasteiger partial charge in [0.1, 0.15) is 11.9 Å². The van der Waals surface area contributed by atoms with E-state index < -0.39 is 58.0 Å². The lowest BCUT2D eigenvalue weighted by Crippen LogP contribution is -2.49. The lowest BCUT2D eigenvalue weighted by molar-refractivity contribution is -0.138. The number of thiophene rings is 1. The molecule has 0 spiro atoms. The van der Waals surface area contributed by atoms with Gasteiger partial charge in [-0.05, 0) is 42.7 Å². The van der Waals surface area contributed by atoms with Crippen molar-refractivity contribution < 1.29 is 27.9 Å². The van der Waals surface area contributed by atoms with Gasteiger partial charge in [0, 0.05) is 34.2 Å². The number of aliphatic hydroxyl groups excluding tert-OH is 1. The third-order valence-corrected chi connectivity index (χ3v) is 9.77. The molecule has 6 N–H and O–H groups in total. The smallest absolute Gasteiger partial charge is 0.251 e. The number of likely N-dealkylation sites (tertiary alicyclic amines) is 1. The van der Waals surface area contributed by atoms with E-state index in [2.05, 4.69) is 10.6 Å². The largest absolute Gasteiger partial charge is 0.394 e. The van der Waals surface area contributed by atoms with Gasteiger partial charge in [-0.3, -0.25) is 19.8 Å². The summed E-state index contributed by atoms with van der Waals surface area (Å²) < 4.78 is 24.7. The Kier molecular flexibility index (Phi) is 9.44. The van der Waals surface area contributed by atoms with Crippen molar-refractivity contribution in [2.45, 2.75) is 30.7 Å². The van der Waals surface area contributed by atoms with Crippen molar-refractivity contribution >= 4 is 44.7 Å². The Balaban J connectivity index is 1.46. The van der Waals surface area contributed by atoms with Crippen LogP contribution in [0, 0.1) is 12.3 Å². The standard InChI is InChI=1S/C29H33N5O6S2/c1-17-6-8-18(9-7-17)19-4-3-5-20(10-19)28(37)32-13-26(36)34-14-22(42(2,39)40)12-24(34)29(38)33-23(15-35)25-11-21(16-41-25)27(30)31/h3-11,16,22-24,35H,12-15H2,1-2H3,(H3,30,31)(H,32,37)(H,33,38)/t22?,23-,24+/m1/s1. The summed E-state index contributed by atoms with van der Waals surface area (Å²) in [4.78, 5) is 41.2. The molecule has 1 fully saturated rings. The highest BCUT2D eigenvalue weighted by molar-refractivity contribution is 7.91. The molecule has 1 saturated heterocycles. The van der Waals surface area contributed by atoms with Crippen LogP contribution in [0.25, 0.3) is 11.1 Å². The average Bonchev–Trinajstić information content (AvgIpc) is 3.64. The summed E-state index contributed by atoms with van der Waals surface area (Å²) >= 11 is 1.20. The van der Waals surface area contributed by atoms with Gasteiger partial charge in [0.2, 0.25) is 11.8 Å². The Labute approximate surface area is 248 Å². The van der Waals surface area contributed by atoms with Crippen LogP contribution in [0.2, 0.25) is 0 Å². The minimum Gasteiger partial charge on any atom is -0.394 e. The molecule has 2 heterocycles. The van der Waals surface area contributed by atoms with Crippen molar-refractivity contribution in [2.24, 2.45) is 5.73 Å². The number of amidine groups is 1. The molecule has 3 atom stereocenters. The zero-order valence-corrected chi connectivity index (χ0v) is 24.8. The molecule has 1 aromatic heterocycles. The lowest BCUT2D eigenvalue weighted by atomic mass is 10.0. The molecule has 0 saturated carbocycles. The number of nitrogens with one attached hydrogen (secondary N) is 3. The molecule has 1 aliphatic rings. The Hall–Kier alpha value is -4.07. The second-order valence-electron chi connectivity index (χ2n) is 10.3. The monoisotopic (exact) mass is 611 g/mol. The van der Waals surface area contributed by atoms with Gasteiger partial charge in [0.15, 0.2) is 9.84 Å². The molecule has 42 heavy (non-hydrogen) atoms. The van der Waals surface area contributed by atoms with Crippen LogP contribution in [0.15, 0.2) is 60.0 Å². The Morgan fingerprint density at radius 2 is 1.83 bits per heavy atom. The fraction of sp³-hybridized carbons (Fsp3) is 0.310. The van der Waals surface area contributed by atoms with Gasteiger partial charge in [-0.2, -0.15) is 0 Å². The summed E-state index contributed by atoms with van der Waals surface area (Å²) in [5, 5.41) is 23.4. The van der Waals surface area contributed by atoms with E-state index >= 15 is 0 Å². The number of amides is 3. The average molecular weight is 612 g/mol. The van der Waals surface area contributed by atoms with E-state index in [9.17, 15) is 27.9 Å². The number of benzene rings is 2. The highest BCUT2D eigenvalue weighted by atomic mass is 32.2.